The van der Waals surface area contributed by atoms with Crippen LogP contribution in [0, 0.1) is 17.7 Å². The highest BCUT2D eigenvalue weighted by molar-refractivity contribution is 5.31. The molecule has 0 radical (unpaired) electrons. The van der Waals surface area contributed by atoms with Crippen LogP contribution in [0.3, 0.4) is 0 Å². The van der Waals surface area contributed by atoms with E-state index in [-0.39, 0.29) is 11.9 Å². The SMILES string of the molecule is CCC1CCC(C(NC)c2ccc(OC)c(F)c2)CC1. The molecule has 0 aromatic heterocycles. The number of ether oxygens (including phenoxy) is 1. The maximum absolute atomic E-state index is 13.9. The molecule has 1 aliphatic carbocycles. The van der Waals surface area contributed by atoms with Crippen molar-refractivity contribution in [2.45, 2.75) is 45.1 Å². The summed E-state index contributed by atoms with van der Waals surface area (Å²) >= 11 is 0. The Morgan fingerprint density at radius 2 is 2.00 bits per heavy atom. The van der Waals surface area contributed by atoms with E-state index in [2.05, 4.69) is 12.2 Å². The molecule has 112 valence electrons. The first-order valence-corrected chi connectivity index (χ1v) is 7.70. The van der Waals surface area contributed by atoms with Crippen molar-refractivity contribution in [1.29, 1.82) is 0 Å². The summed E-state index contributed by atoms with van der Waals surface area (Å²) in [7, 11) is 3.47. The van der Waals surface area contributed by atoms with E-state index in [1.165, 1.54) is 39.2 Å². The number of methoxy groups -OCH3 is 1. The molecule has 0 saturated heterocycles. The van der Waals surface area contributed by atoms with Gasteiger partial charge < -0.3 is 10.1 Å². The number of nitrogens with one attached hydrogen (secondary N) is 1. The lowest BCUT2D eigenvalue weighted by Crippen LogP contribution is -2.28. The molecule has 0 aliphatic heterocycles. The second-order valence-corrected chi connectivity index (χ2v) is 5.85. The Hall–Kier alpha value is -1.09. The van der Waals surface area contributed by atoms with Crippen LogP contribution in [0.4, 0.5) is 4.39 Å². The van der Waals surface area contributed by atoms with E-state index in [1.807, 2.05) is 13.1 Å². The van der Waals surface area contributed by atoms with Crippen molar-refractivity contribution in [2.75, 3.05) is 14.2 Å². The topological polar surface area (TPSA) is 21.3 Å². The molecule has 0 bridgehead atoms. The van der Waals surface area contributed by atoms with Crippen molar-refractivity contribution in [2.24, 2.45) is 11.8 Å². The van der Waals surface area contributed by atoms with Crippen LogP contribution < -0.4 is 10.1 Å². The zero-order valence-electron chi connectivity index (χ0n) is 12.8. The van der Waals surface area contributed by atoms with Gasteiger partial charge in [0.05, 0.1) is 7.11 Å². The van der Waals surface area contributed by atoms with Crippen LogP contribution in [0.25, 0.3) is 0 Å². The van der Waals surface area contributed by atoms with Crippen molar-refractivity contribution in [3.63, 3.8) is 0 Å². The molecule has 1 aromatic carbocycles. The molecule has 20 heavy (non-hydrogen) atoms. The van der Waals surface area contributed by atoms with Gasteiger partial charge in [0.25, 0.3) is 0 Å². The van der Waals surface area contributed by atoms with Gasteiger partial charge in [0, 0.05) is 6.04 Å². The monoisotopic (exact) mass is 279 g/mol. The molecular formula is C17H26FNO. The van der Waals surface area contributed by atoms with Crippen molar-refractivity contribution in [3.8, 4) is 5.75 Å². The summed E-state index contributed by atoms with van der Waals surface area (Å²) in [6.07, 6.45) is 6.36. The summed E-state index contributed by atoms with van der Waals surface area (Å²) in [4.78, 5) is 0. The van der Waals surface area contributed by atoms with Crippen molar-refractivity contribution in [3.05, 3.63) is 29.6 Å². The average Bonchev–Trinajstić information content (AvgIpc) is 2.49. The fourth-order valence-corrected chi connectivity index (χ4v) is 3.48. The number of rotatable bonds is 5. The van der Waals surface area contributed by atoms with E-state index in [0.29, 0.717) is 11.7 Å². The van der Waals surface area contributed by atoms with E-state index in [4.69, 9.17) is 4.74 Å². The van der Waals surface area contributed by atoms with Gasteiger partial charge in [-0.3, -0.25) is 0 Å². The molecule has 3 heteroatoms. The molecule has 1 aromatic rings. The zero-order chi connectivity index (χ0) is 14.5. The number of halogens is 1. The Morgan fingerprint density at radius 1 is 1.30 bits per heavy atom. The van der Waals surface area contributed by atoms with Gasteiger partial charge in [0.2, 0.25) is 0 Å². The summed E-state index contributed by atoms with van der Waals surface area (Å²) in [5.74, 6) is 1.54. The third kappa shape index (κ3) is 3.32. The molecule has 1 fully saturated rings. The van der Waals surface area contributed by atoms with Gasteiger partial charge in [0.15, 0.2) is 11.6 Å². The van der Waals surface area contributed by atoms with Gasteiger partial charge in [0.1, 0.15) is 0 Å². The van der Waals surface area contributed by atoms with Crippen LogP contribution >= 0.6 is 0 Å². The van der Waals surface area contributed by atoms with Gasteiger partial charge in [-0.25, -0.2) is 4.39 Å². The van der Waals surface area contributed by atoms with Gasteiger partial charge in [-0.05, 0) is 49.4 Å². The Kier molecular flexibility index (Phi) is 5.41. The van der Waals surface area contributed by atoms with Crippen LogP contribution in [-0.4, -0.2) is 14.2 Å². The Morgan fingerprint density at radius 3 is 2.50 bits per heavy atom. The second kappa shape index (κ2) is 7.07. The second-order valence-electron chi connectivity index (χ2n) is 5.85. The van der Waals surface area contributed by atoms with Gasteiger partial charge in [-0.1, -0.05) is 32.3 Å². The lowest BCUT2D eigenvalue weighted by Gasteiger charge is -2.34. The predicted molar refractivity (Wildman–Crippen MR) is 80.5 cm³/mol. The number of hydrogen-bond donors (Lipinski definition) is 1. The van der Waals surface area contributed by atoms with Crippen molar-refractivity contribution >= 4 is 0 Å². The molecule has 1 atom stereocenters. The summed E-state index contributed by atoms with van der Waals surface area (Å²) in [6.45, 7) is 2.28. The van der Waals surface area contributed by atoms with E-state index >= 15 is 0 Å². The summed E-state index contributed by atoms with van der Waals surface area (Å²) < 4.78 is 18.9. The number of benzene rings is 1. The minimum absolute atomic E-state index is 0.244. The highest BCUT2D eigenvalue weighted by Gasteiger charge is 2.27. The standard InChI is InChI=1S/C17H26FNO/c1-4-12-5-7-13(8-6-12)17(19-2)14-9-10-16(20-3)15(18)11-14/h9-13,17,19H,4-8H2,1-3H3. The largest absolute Gasteiger partial charge is 0.494 e. The average molecular weight is 279 g/mol. The van der Waals surface area contributed by atoms with Crippen LogP contribution in [0.2, 0.25) is 0 Å². The van der Waals surface area contributed by atoms with Gasteiger partial charge in [-0.15, -0.1) is 0 Å². The molecule has 1 saturated carbocycles. The summed E-state index contributed by atoms with van der Waals surface area (Å²) in [5.41, 5.74) is 1.03. The van der Waals surface area contributed by atoms with E-state index in [9.17, 15) is 4.39 Å². The van der Waals surface area contributed by atoms with E-state index in [0.717, 1.165) is 11.5 Å². The fraction of sp³-hybridized carbons (Fsp3) is 0.647. The Balaban J connectivity index is 2.10. The van der Waals surface area contributed by atoms with Gasteiger partial charge >= 0.3 is 0 Å². The highest BCUT2D eigenvalue weighted by Crippen LogP contribution is 2.38. The first kappa shape index (κ1) is 15.3. The fourth-order valence-electron chi connectivity index (χ4n) is 3.48. The summed E-state index contributed by atoms with van der Waals surface area (Å²) in [6, 6.07) is 5.57. The van der Waals surface area contributed by atoms with Crippen LogP contribution in [0.1, 0.15) is 50.6 Å². The summed E-state index contributed by atoms with van der Waals surface area (Å²) in [5, 5.41) is 3.38. The third-order valence-electron chi connectivity index (χ3n) is 4.79. The lowest BCUT2D eigenvalue weighted by atomic mass is 9.76. The molecule has 1 unspecified atom stereocenters. The molecule has 0 spiro atoms. The minimum Gasteiger partial charge on any atom is -0.494 e. The maximum Gasteiger partial charge on any atom is 0.165 e. The van der Waals surface area contributed by atoms with Crippen molar-refractivity contribution < 1.29 is 9.13 Å². The predicted octanol–water partition coefficient (Wildman–Crippen LogP) is 4.31. The van der Waals surface area contributed by atoms with Crippen LogP contribution in [-0.2, 0) is 0 Å². The first-order valence-electron chi connectivity index (χ1n) is 7.70. The van der Waals surface area contributed by atoms with Gasteiger partial charge in [-0.2, -0.15) is 0 Å². The lowest BCUT2D eigenvalue weighted by molar-refractivity contribution is 0.224. The minimum atomic E-state index is -0.271. The van der Waals surface area contributed by atoms with Crippen LogP contribution in [0.15, 0.2) is 18.2 Å². The normalized spacial score (nSPS) is 24.4. The zero-order valence-corrected chi connectivity index (χ0v) is 12.8. The molecule has 1 aliphatic rings. The van der Waals surface area contributed by atoms with Crippen LogP contribution in [0.5, 0.6) is 5.75 Å². The molecule has 0 heterocycles. The smallest absolute Gasteiger partial charge is 0.165 e. The third-order valence-corrected chi connectivity index (χ3v) is 4.79. The molecular weight excluding hydrogens is 253 g/mol. The molecule has 2 rings (SSSR count). The maximum atomic E-state index is 13.9. The molecule has 0 amide bonds. The Bertz CT molecular complexity index is 427. The molecule has 2 nitrogen and oxygen atoms in total. The Labute approximate surface area is 121 Å². The quantitative estimate of drug-likeness (QED) is 0.867. The first-order chi connectivity index (χ1) is 9.69. The van der Waals surface area contributed by atoms with E-state index in [1.54, 1.807) is 12.1 Å². The van der Waals surface area contributed by atoms with E-state index < -0.39 is 0 Å². The number of hydrogen-bond acceptors (Lipinski definition) is 2. The molecule has 1 N–H and O–H groups in total. The highest BCUT2D eigenvalue weighted by atomic mass is 19.1. The van der Waals surface area contributed by atoms with Crippen molar-refractivity contribution in [1.82, 2.24) is 5.32 Å².